The summed E-state index contributed by atoms with van der Waals surface area (Å²) >= 11 is 0. The number of aliphatic hydroxyl groups is 1. The third-order valence-corrected chi connectivity index (χ3v) is 3.69. The van der Waals surface area contributed by atoms with Crippen molar-refractivity contribution in [2.24, 2.45) is 5.14 Å². The summed E-state index contributed by atoms with van der Waals surface area (Å²) in [5.41, 5.74) is 0. The van der Waals surface area contributed by atoms with Gasteiger partial charge in [-0.3, -0.25) is 0 Å². The molecular weight excluding hydrogens is 242 g/mol. The first kappa shape index (κ1) is 12.3. The summed E-state index contributed by atoms with van der Waals surface area (Å²) in [5.74, 6) is 0.328. The van der Waals surface area contributed by atoms with Crippen LogP contribution in [0.5, 0.6) is 0 Å². The average Bonchev–Trinajstić information content (AvgIpc) is 2.28. The van der Waals surface area contributed by atoms with Crippen molar-refractivity contribution in [2.75, 3.05) is 18.0 Å². The topological polar surface area (TPSA) is 96.5 Å². The second-order valence-corrected chi connectivity index (χ2v) is 5.64. The van der Waals surface area contributed by atoms with E-state index in [-0.39, 0.29) is 4.90 Å². The molecule has 0 aliphatic carbocycles. The molecule has 0 saturated carbocycles. The summed E-state index contributed by atoms with van der Waals surface area (Å²) in [5, 5.41) is 14.7. The van der Waals surface area contributed by atoms with Gasteiger partial charge in [-0.05, 0) is 25.0 Å². The molecular formula is C10H15N3O3S. The van der Waals surface area contributed by atoms with E-state index in [1.165, 1.54) is 18.3 Å². The van der Waals surface area contributed by atoms with E-state index in [4.69, 9.17) is 5.14 Å². The van der Waals surface area contributed by atoms with Crippen molar-refractivity contribution in [3.63, 3.8) is 0 Å². The summed E-state index contributed by atoms with van der Waals surface area (Å²) in [7, 11) is -3.79. The van der Waals surface area contributed by atoms with Crippen molar-refractivity contribution in [2.45, 2.75) is 23.8 Å². The van der Waals surface area contributed by atoms with Crippen LogP contribution in [0, 0.1) is 0 Å². The first-order chi connectivity index (χ1) is 7.98. The number of aromatic nitrogens is 1. The van der Waals surface area contributed by atoms with Crippen molar-refractivity contribution < 1.29 is 13.5 Å². The Bertz CT molecular complexity index is 503. The van der Waals surface area contributed by atoms with Gasteiger partial charge >= 0.3 is 0 Å². The number of anilines is 1. The molecule has 0 bridgehead atoms. The Labute approximate surface area is 100 Å². The highest BCUT2D eigenvalue weighted by atomic mass is 32.2. The Kier molecular flexibility index (Phi) is 3.32. The van der Waals surface area contributed by atoms with Crippen LogP contribution in [0.25, 0.3) is 0 Å². The molecule has 0 aromatic carbocycles. The molecule has 1 aromatic rings. The van der Waals surface area contributed by atoms with E-state index in [2.05, 4.69) is 4.98 Å². The van der Waals surface area contributed by atoms with Crippen LogP contribution in [-0.2, 0) is 10.0 Å². The summed E-state index contributed by atoms with van der Waals surface area (Å²) in [4.78, 5) is 5.83. The van der Waals surface area contributed by atoms with Crippen LogP contribution in [0.4, 0.5) is 5.82 Å². The van der Waals surface area contributed by atoms with Gasteiger partial charge in [0, 0.05) is 19.3 Å². The highest BCUT2D eigenvalue weighted by Crippen LogP contribution is 2.24. The molecule has 1 atom stereocenters. The zero-order valence-electron chi connectivity index (χ0n) is 9.28. The molecule has 3 N–H and O–H groups in total. The number of nitrogens with zero attached hydrogens (tertiary/aromatic N) is 2. The Hall–Kier alpha value is -1.18. The second-order valence-electron chi connectivity index (χ2n) is 4.11. The minimum absolute atomic E-state index is 0.00843. The van der Waals surface area contributed by atoms with E-state index in [0.717, 1.165) is 12.8 Å². The van der Waals surface area contributed by atoms with E-state index in [1.807, 2.05) is 0 Å². The number of pyridine rings is 1. The number of piperidine rings is 1. The fourth-order valence-corrected chi connectivity index (χ4v) is 2.69. The zero-order chi connectivity index (χ0) is 12.5. The predicted molar refractivity (Wildman–Crippen MR) is 63.1 cm³/mol. The van der Waals surface area contributed by atoms with Gasteiger partial charge < -0.3 is 10.0 Å². The van der Waals surface area contributed by atoms with Gasteiger partial charge in [0.05, 0.1) is 6.10 Å². The highest BCUT2D eigenvalue weighted by Gasteiger charge is 2.24. The maximum Gasteiger partial charge on any atom is 0.241 e. The molecule has 2 rings (SSSR count). The number of hydrogen-bond donors (Lipinski definition) is 2. The Morgan fingerprint density at radius 1 is 1.53 bits per heavy atom. The van der Waals surface area contributed by atoms with Crippen LogP contribution in [0.15, 0.2) is 23.2 Å². The lowest BCUT2D eigenvalue weighted by molar-refractivity contribution is 0.153. The SMILES string of the molecule is NS(=O)(=O)c1cccnc1N1CCC[C@H](O)C1. The Balaban J connectivity index is 2.38. The Morgan fingerprint density at radius 3 is 2.94 bits per heavy atom. The molecule has 94 valence electrons. The van der Waals surface area contributed by atoms with Gasteiger partial charge in [-0.2, -0.15) is 0 Å². The lowest BCUT2D eigenvalue weighted by Gasteiger charge is -2.31. The molecule has 1 aliphatic heterocycles. The minimum atomic E-state index is -3.79. The highest BCUT2D eigenvalue weighted by molar-refractivity contribution is 7.89. The zero-order valence-corrected chi connectivity index (χ0v) is 10.1. The third kappa shape index (κ3) is 2.74. The van der Waals surface area contributed by atoms with Gasteiger partial charge in [-0.15, -0.1) is 0 Å². The molecule has 0 unspecified atom stereocenters. The molecule has 6 nitrogen and oxygen atoms in total. The summed E-state index contributed by atoms with van der Waals surface area (Å²) in [6.45, 7) is 1.07. The van der Waals surface area contributed by atoms with Crippen LogP contribution < -0.4 is 10.0 Å². The standard InChI is InChI=1S/C10H15N3O3S/c11-17(15,16)9-4-1-5-12-10(9)13-6-2-3-8(14)7-13/h1,4-5,8,14H,2-3,6-7H2,(H2,11,15,16)/t8-/m0/s1. The van der Waals surface area contributed by atoms with Crippen molar-refractivity contribution in [3.05, 3.63) is 18.3 Å². The van der Waals surface area contributed by atoms with Crippen LogP contribution in [0.1, 0.15) is 12.8 Å². The van der Waals surface area contributed by atoms with Gasteiger partial charge in [-0.25, -0.2) is 18.5 Å². The largest absolute Gasteiger partial charge is 0.391 e. The van der Waals surface area contributed by atoms with E-state index in [9.17, 15) is 13.5 Å². The summed E-state index contributed by atoms with van der Waals surface area (Å²) in [6, 6.07) is 2.96. The molecule has 1 aliphatic rings. The fourth-order valence-electron chi connectivity index (χ4n) is 1.99. The maximum absolute atomic E-state index is 11.4. The van der Waals surface area contributed by atoms with E-state index < -0.39 is 16.1 Å². The molecule has 0 spiro atoms. The lowest BCUT2D eigenvalue weighted by atomic mass is 10.1. The molecule has 1 saturated heterocycles. The molecule has 2 heterocycles. The van der Waals surface area contributed by atoms with Crippen molar-refractivity contribution in [1.82, 2.24) is 4.98 Å². The van der Waals surface area contributed by atoms with E-state index in [0.29, 0.717) is 18.9 Å². The molecule has 1 aromatic heterocycles. The van der Waals surface area contributed by atoms with Crippen molar-refractivity contribution in [1.29, 1.82) is 0 Å². The Morgan fingerprint density at radius 2 is 2.29 bits per heavy atom. The summed E-state index contributed by atoms with van der Waals surface area (Å²) in [6.07, 6.45) is 2.61. The average molecular weight is 257 g/mol. The number of nitrogens with two attached hydrogens (primary N) is 1. The first-order valence-electron chi connectivity index (χ1n) is 5.39. The quantitative estimate of drug-likeness (QED) is 0.757. The normalized spacial score (nSPS) is 21.5. The monoisotopic (exact) mass is 257 g/mol. The first-order valence-corrected chi connectivity index (χ1v) is 6.94. The lowest BCUT2D eigenvalue weighted by Crippen LogP contribution is -2.39. The smallest absolute Gasteiger partial charge is 0.241 e. The van der Waals surface area contributed by atoms with Crippen LogP contribution >= 0.6 is 0 Å². The predicted octanol–water partition coefficient (Wildman–Crippen LogP) is -0.310. The number of aliphatic hydroxyl groups excluding tert-OH is 1. The van der Waals surface area contributed by atoms with Gasteiger partial charge in [0.15, 0.2) is 0 Å². The molecule has 0 amide bonds. The van der Waals surface area contributed by atoms with Crippen molar-refractivity contribution in [3.8, 4) is 0 Å². The number of β-amino-alcohol motifs (C(OH)–C–C–N with tert-alkyl or cyclic N) is 1. The van der Waals surface area contributed by atoms with Crippen LogP contribution in [0.2, 0.25) is 0 Å². The fraction of sp³-hybridized carbons (Fsp3) is 0.500. The number of sulfonamides is 1. The van der Waals surface area contributed by atoms with Gasteiger partial charge in [0.25, 0.3) is 0 Å². The van der Waals surface area contributed by atoms with E-state index >= 15 is 0 Å². The van der Waals surface area contributed by atoms with Crippen LogP contribution in [0.3, 0.4) is 0 Å². The van der Waals surface area contributed by atoms with Gasteiger partial charge in [0.2, 0.25) is 10.0 Å². The van der Waals surface area contributed by atoms with E-state index in [1.54, 1.807) is 4.90 Å². The van der Waals surface area contributed by atoms with Crippen LogP contribution in [-0.4, -0.2) is 37.7 Å². The molecule has 7 heteroatoms. The maximum atomic E-state index is 11.4. The molecule has 17 heavy (non-hydrogen) atoms. The molecule has 1 fully saturated rings. The summed E-state index contributed by atoms with van der Waals surface area (Å²) < 4.78 is 22.9. The van der Waals surface area contributed by atoms with Gasteiger partial charge in [-0.1, -0.05) is 0 Å². The molecule has 0 radical (unpaired) electrons. The van der Waals surface area contributed by atoms with Gasteiger partial charge in [0.1, 0.15) is 10.7 Å². The third-order valence-electron chi connectivity index (χ3n) is 2.75. The van der Waals surface area contributed by atoms with Crippen molar-refractivity contribution >= 4 is 15.8 Å². The minimum Gasteiger partial charge on any atom is -0.391 e. The second kappa shape index (κ2) is 4.59. The number of hydrogen-bond acceptors (Lipinski definition) is 5. The number of rotatable bonds is 2. The number of primary sulfonamides is 1.